The van der Waals surface area contributed by atoms with Crippen LogP contribution in [0.3, 0.4) is 0 Å². The van der Waals surface area contributed by atoms with Gasteiger partial charge < -0.3 is 4.98 Å². The van der Waals surface area contributed by atoms with Gasteiger partial charge in [0.25, 0.3) is 5.56 Å². The summed E-state index contributed by atoms with van der Waals surface area (Å²) in [5, 5.41) is 0. The first-order chi connectivity index (χ1) is 13.2. The molecule has 0 aliphatic heterocycles. The Morgan fingerprint density at radius 1 is 0.926 bits per heavy atom. The number of aromatic amines is 1. The highest BCUT2D eigenvalue weighted by Gasteiger charge is 2.12. The van der Waals surface area contributed by atoms with E-state index in [1.807, 2.05) is 30.3 Å². The third kappa shape index (κ3) is 5.64. The Hall–Kier alpha value is -2.20. The smallest absolute Gasteiger partial charge is 0.254 e. The van der Waals surface area contributed by atoms with Gasteiger partial charge in [0.1, 0.15) is 5.82 Å². The van der Waals surface area contributed by atoms with E-state index in [1.54, 1.807) is 0 Å². The summed E-state index contributed by atoms with van der Waals surface area (Å²) in [6, 6.07) is 18.4. The standard InChI is InChI=1S/C23H25BrN2O/c1-2-3-9-21-20(16-18-10-13-19(24)14-11-18)23(27)26-22(25-21)15-12-17-7-5-4-6-8-17/h4-8,10-11,13-14H,2-3,9,12,15-16H2,1H3,(H,25,26,27). The van der Waals surface area contributed by atoms with Crippen LogP contribution >= 0.6 is 15.9 Å². The minimum Gasteiger partial charge on any atom is -0.310 e. The number of nitrogens with zero attached hydrogens (tertiary/aromatic N) is 1. The van der Waals surface area contributed by atoms with Crippen molar-refractivity contribution in [1.29, 1.82) is 0 Å². The lowest BCUT2D eigenvalue weighted by molar-refractivity contribution is 0.736. The largest absolute Gasteiger partial charge is 0.310 e. The molecule has 0 aliphatic carbocycles. The molecule has 1 aromatic heterocycles. The predicted octanol–water partition coefficient (Wildman–Crippen LogP) is 5.25. The van der Waals surface area contributed by atoms with Crippen molar-refractivity contribution in [3.8, 4) is 0 Å². The van der Waals surface area contributed by atoms with Gasteiger partial charge in [-0.1, -0.05) is 71.7 Å². The summed E-state index contributed by atoms with van der Waals surface area (Å²) in [5.41, 5.74) is 4.14. The van der Waals surface area contributed by atoms with E-state index in [0.29, 0.717) is 6.42 Å². The maximum absolute atomic E-state index is 12.8. The van der Waals surface area contributed by atoms with Crippen molar-refractivity contribution in [1.82, 2.24) is 9.97 Å². The molecule has 0 unspecified atom stereocenters. The van der Waals surface area contributed by atoms with Crippen LogP contribution in [0, 0.1) is 0 Å². The summed E-state index contributed by atoms with van der Waals surface area (Å²) in [6.07, 6.45) is 5.23. The molecular formula is C23H25BrN2O. The maximum Gasteiger partial charge on any atom is 0.254 e. The van der Waals surface area contributed by atoms with E-state index < -0.39 is 0 Å². The van der Waals surface area contributed by atoms with E-state index in [4.69, 9.17) is 4.98 Å². The molecule has 0 saturated carbocycles. The Balaban J connectivity index is 1.83. The number of aryl methyl sites for hydroxylation is 3. The Kier molecular flexibility index (Phi) is 6.99. The van der Waals surface area contributed by atoms with Gasteiger partial charge in [0.15, 0.2) is 0 Å². The molecule has 3 aromatic rings. The molecule has 0 radical (unpaired) electrons. The lowest BCUT2D eigenvalue weighted by Gasteiger charge is -2.11. The second-order valence-electron chi connectivity index (χ2n) is 6.83. The van der Waals surface area contributed by atoms with Gasteiger partial charge in [0.2, 0.25) is 0 Å². The van der Waals surface area contributed by atoms with Crippen molar-refractivity contribution in [2.75, 3.05) is 0 Å². The SMILES string of the molecule is CCCCc1nc(CCc2ccccc2)[nH]c(=O)c1Cc1ccc(Br)cc1. The molecule has 0 amide bonds. The van der Waals surface area contributed by atoms with Gasteiger partial charge in [-0.25, -0.2) is 4.98 Å². The molecule has 2 aromatic carbocycles. The fraction of sp³-hybridized carbons (Fsp3) is 0.304. The molecule has 0 bridgehead atoms. The highest BCUT2D eigenvalue weighted by atomic mass is 79.9. The van der Waals surface area contributed by atoms with Crippen LogP contribution in [-0.4, -0.2) is 9.97 Å². The molecule has 0 fully saturated rings. The van der Waals surface area contributed by atoms with Crippen LogP contribution in [0.1, 0.15) is 48.0 Å². The molecule has 27 heavy (non-hydrogen) atoms. The molecule has 0 atom stereocenters. The van der Waals surface area contributed by atoms with Gasteiger partial charge >= 0.3 is 0 Å². The number of aromatic nitrogens is 2. The number of rotatable bonds is 8. The third-order valence-electron chi connectivity index (χ3n) is 4.70. The number of hydrogen-bond acceptors (Lipinski definition) is 2. The number of halogens is 1. The first kappa shape index (κ1) is 19.6. The van der Waals surface area contributed by atoms with E-state index in [2.05, 4.69) is 52.1 Å². The van der Waals surface area contributed by atoms with Crippen LogP contribution in [0.25, 0.3) is 0 Å². The van der Waals surface area contributed by atoms with Crippen molar-refractivity contribution in [2.24, 2.45) is 0 Å². The Bertz CT molecular complexity index is 917. The van der Waals surface area contributed by atoms with E-state index in [0.717, 1.165) is 59.2 Å². The predicted molar refractivity (Wildman–Crippen MR) is 114 cm³/mol. The Labute approximate surface area is 169 Å². The zero-order valence-corrected chi connectivity index (χ0v) is 17.3. The van der Waals surface area contributed by atoms with E-state index in [1.165, 1.54) is 5.56 Å². The molecule has 1 N–H and O–H groups in total. The summed E-state index contributed by atoms with van der Waals surface area (Å²) < 4.78 is 1.04. The second kappa shape index (κ2) is 9.65. The molecule has 140 valence electrons. The first-order valence-electron chi connectivity index (χ1n) is 9.55. The summed E-state index contributed by atoms with van der Waals surface area (Å²) in [5.74, 6) is 0.787. The van der Waals surface area contributed by atoms with Crippen LogP contribution in [0.4, 0.5) is 0 Å². The third-order valence-corrected chi connectivity index (χ3v) is 5.23. The van der Waals surface area contributed by atoms with Crippen LogP contribution in [0.2, 0.25) is 0 Å². The number of benzene rings is 2. The van der Waals surface area contributed by atoms with Crippen molar-refractivity contribution in [3.05, 3.63) is 97.6 Å². The van der Waals surface area contributed by atoms with Crippen molar-refractivity contribution >= 4 is 15.9 Å². The first-order valence-corrected chi connectivity index (χ1v) is 10.3. The molecule has 0 saturated heterocycles. The highest BCUT2D eigenvalue weighted by Crippen LogP contribution is 2.16. The number of hydrogen-bond donors (Lipinski definition) is 1. The zero-order valence-electron chi connectivity index (χ0n) is 15.7. The van der Waals surface area contributed by atoms with E-state index >= 15 is 0 Å². The second-order valence-corrected chi connectivity index (χ2v) is 7.75. The maximum atomic E-state index is 12.8. The molecule has 3 nitrogen and oxygen atoms in total. The van der Waals surface area contributed by atoms with E-state index in [-0.39, 0.29) is 5.56 Å². The summed E-state index contributed by atoms with van der Waals surface area (Å²) in [6.45, 7) is 2.16. The van der Waals surface area contributed by atoms with Crippen molar-refractivity contribution < 1.29 is 0 Å². The normalized spacial score (nSPS) is 10.9. The molecule has 3 rings (SSSR count). The fourth-order valence-electron chi connectivity index (χ4n) is 3.16. The van der Waals surface area contributed by atoms with Gasteiger partial charge in [0, 0.05) is 22.9 Å². The summed E-state index contributed by atoms with van der Waals surface area (Å²) >= 11 is 3.46. The average Bonchev–Trinajstić information content (AvgIpc) is 2.69. The van der Waals surface area contributed by atoms with Gasteiger partial charge in [-0.3, -0.25) is 4.79 Å². The van der Waals surface area contributed by atoms with E-state index in [9.17, 15) is 4.79 Å². The molecule has 0 spiro atoms. The molecule has 0 aliphatic rings. The minimum absolute atomic E-state index is 0.00193. The topological polar surface area (TPSA) is 45.8 Å². The monoisotopic (exact) mass is 424 g/mol. The van der Waals surface area contributed by atoms with Crippen LogP contribution in [-0.2, 0) is 25.7 Å². The highest BCUT2D eigenvalue weighted by molar-refractivity contribution is 9.10. The summed E-state index contributed by atoms with van der Waals surface area (Å²) in [7, 11) is 0. The van der Waals surface area contributed by atoms with Crippen LogP contribution in [0.15, 0.2) is 63.9 Å². The summed E-state index contributed by atoms with van der Waals surface area (Å²) in [4.78, 5) is 20.7. The van der Waals surface area contributed by atoms with Gasteiger partial charge in [-0.2, -0.15) is 0 Å². The quantitative estimate of drug-likeness (QED) is 0.536. The number of H-pyrrole nitrogens is 1. The van der Waals surface area contributed by atoms with Gasteiger partial charge in [-0.05, 0) is 42.5 Å². The van der Waals surface area contributed by atoms with Crippen LogP contribution < -0.4 is 5.56 Å². The fourth-order valence-corrected chi connectivity index (χ4v) is 3.43. The minimum atomic E-state index is 0.00193. The number of unbranched alkanes of at least 4 members (excludes halogenated alkanes) is 1. The van der Waals surface area contributed by atoms with Crippen LogP contribution in [0.5, 0.6) is 0 Å². The molecular weight excluding hydrogens is 400 g/mol. The zero-order chi connectivity index (χ0) is 19.1. The lowest BCUT2D eigenvalue weighted by atomic mass is 10.0. The average molecular weight is 425 g/mol. The Morgan fingerprint density at radius 3 is 2.37 bits per heavy atom. The molecule has 4 heteroatoms. The van der Waals surface area contributed by atoms with Gasteiger partial charge in [0.05, 0.1) is 5.69 Å². The molecule has 1 heterocycles. The van der Waals surface area contributed by atoms with Crippen molar-refractivity contribution in [2.45, 2.75) is 45.4 Å². The number of nitrogens with one attached hydrogen (secondary N) is 1. The van der Waals surface area contributed by atoms with Gasteiger partial charge in [-0.15, -0.1) is 0 Å². The van der Waals surface area contributed by atoms with Crippen molar-refractivity contribution in [3.63, 3.8) is 0 Å². The lowest BCUT2D eigenvalue weighted by Crippen LogP contribution is -2.21. The Morgan fingerprint density at radius 2 is 1.67 bits per heavy atom.